The number of carbonyl (C=O) groups excluding carboxylic acids is 2. The van der Waals surface area contributed by atoms with E-state index >= 15 is 0 Å². The maximum atomic E-state index is 14.2. The quantitative estimate of drug-likeness (QED) is 0.759. The number of rotatable bonds is 1. The third-order valence-corrected chi connectivity index (χ3v) is 4.41. The molecule has 116 valence electrons. The highest BCUT2D eigenvalue weighted by molar-refractivity contribution is 6.20. The molecule has 0 spiro atoms. The molecule has 0 fully saturated rings. The summed E-state index contributed by atoms with van der Waals surface area (Å²) in [4.78, 5) is 30.6. The van der Waals surface area contributed by atoms with Crippen LogP contribution in [-0.4, -0.2) is 16.9 Å². The van der Waals surface area contributed by atoms with Gasteiger partial charge in [-0.05, 0) is 43.9 Å². The lowest BCUT2D eigenvalue weighted by molar-refractivity contribution is -0.576. The number of benzene rings is 1. The van der Waals surface area contributed by atoms with Gasteiger partial charge in [-0.1, -0.05) is 6.07 Å². The number of anilines is 1. The molecule has 2 amide bonds. The molecule has 5 nitrogen and oxygen atoms in total. The van der Waals surface area contributed by atoms with Gasteiger partial charge in [0.25, 0.3) is 0 Å². The van der Waals surface area contributed by atoms with E-state index in [2.05, 4.69) is 4.98 Å². The Hall–Kier alpha value is -2.63. The summed E-state index contributed by atoms with van der Waals surface area (Å²) in [6.07, 6.45) is 4.92. The summed E-state index contributed by atoms with van der Waals surface area (Å²) in [6, 6.07) is 3.94. The molecule has 4 rings (SSSR count). The van der Waals surface area contributed by atoms with E-state index in [1.807, 2.05) is 0 Å². The molecule has 2 heterocycles. The zero-order chi connectivity index (χ0) is 16.1. The lowest BCUT2D eigenvalue weighted by atomic mass is 10.00. The van der Waals surface area contributed by atoms with Crippen LogP contribution in [0.25, 0.3) is 0 Å². The SMILES string of the molecule is Cc1ccc(N2C(=O)c3cnc4c([n+]3C2=O)CCCC4)c(F)c1. The lowest BCUT2D eigenvalue weighted by Crippen LogP contribution is -2.50. The van der Waals surface area contributed by atoms with Crippen LogP contribution in [0.4, 0.5) is 14.9 Å². The third kappa shape index (κ3) is 1.98. The number of amides is 2. The Kier molecular flexibility index (Phi) is 3.01. The topological polar surface area (TPSA) is 54.2 Å². The Morgan fingerprint density at radius 3 is 2.78 bits per heavy atom. The van der Waals surface area contributed by atoms with E-state index < -0.39 is 17.8 Å². The van der Waals surface area contributed by atoms with E-state index in [1.165, 1.54) is 22.9 Å². The van der Waals surface area contributed by atoms with Crippen molar-refractivity contribution in [3.05, 3.63) is 52.9 Å². The summed E-state index contributed by atoms with van der Waals surface area (Å²) < 4.78 is 15.6. The van der Waals surface area contributed by atoms with Gasteiger partial charge in [-0.2, -0.15) is 4.79 Å². The van der Waals surface area contributed by atoms with Gasteiger partial charge in [-0.25, -0.2) is 9.18 Å². The van der Waals surface area contributed by atoms with Crippen LogP contribution in [0.1, 0.15) is 40.3 Å². The predicted molar refractivity (Wildman–Crippen MR) is 79.8 cm³/mol. The van der Waals surface area contributed by atoms with Gasteiger partial charge in [-0.15, -0.1) is 9.47 Å². The predicted octanol–water partition coefficient (Wildman–Crippen LogP) is 2.32. The Morgan fingerprint density at radius 1 is 1.22 bits per heavy atom. The zero-order valence-electron chi connectivity index (χ0n) is 12.7. The van der Waals surface area contributed by atoms with Crippen LogP contribution in [0.15, 0.2) is 24.4 Å². The molecule has 0 saturated carbocycles. The first-order valence-corrected chi connectivity index (χ1v) is 7.65. The largest absolute Gasteiger partial charge is 0.512 e. The summed E-state index contributed by atoms with van der Waals surface area (Å²) >= 11 is 0. The molecule has 0 unspecified atom stereocenters. The first-order chi connectivity index (χ1) is 11.1. The average Bonchev–Trinajstić information content (AvgIpc) is 2.80. The van der Waals surface area contributed by atoms with Crippen LogP contribution in [-0.2, 0) is 12.8 Å². The monoisotopic (exact) mass is 312 g/mol. The van der Waals surface area contributed by atoms with Crippen LogP contribution < -0.4 is 9.47 Å². The second kappa shape index (κ2) is 4.94. The number of aryl methyl sites for hydroxylation is 2. The Balaban J connectivity index is 1.87. The van der Waals surface area contributed by atoms with Gasteiger partial charge in [0, 0.05) is 6.42 Å². The molecule has 2 aliphatic rings. The van der Waals surface area contributed by atoms with Gasteiger partial charge in [0.1, 0.15) is 5.69 Å². The Labute approximate surface area is 132 Å². The highest BCUT2D eigenvalue weighted by Gasteiger charge is 2.50. The Morgan fingerprint density at radius 2 is 2.00 bits per heavy atom. The van der Waals surface area contributed by atoms with Crippen molar-refractivity contribution in [3.63, 3.8) is 0 Å². The molecular weight excluding hydrogens is 297 g/mol. The fourth-order valence-corrected chi connectivity index (χ4v) is 3.27. The standard InChI is InChI=1S/C17H15FN3O2/c1-10-6-7-13(11(18)8-10)21-16(22)15-9-19-12-4-2-3-5-14(12)20(15)17(21)23/h6-9H,2-5H2,1H3/q+1. The van der Waals surface area contributed by atoms with Crippen molar-refractivity contribution >= 4 is 17.6 Å². The van der Waals surface area contributed by atoms with Crippen LogP contribution in [0, 0.1) is 12.7 Å². The van der Waals surface area contributed by atoms with E-state index in [0.29, 0.717) is 6.42 Å². The van der Waals surface area contributed by atoms with Gasteiger partial charge in [0.2, 0.25) is 5.69 Å². The molecule has 23 heavy (non-hydrogen) atoms. The molecule has 1 aliphatic heterocycles. The van der Waals surface area contributed by atoms with Crippen molar-refractivity contribution in [2.24, 2.45) is 0 Å². The van der Waals surface area contributed by atoms with Crippen LogP contribution >= 0.6 is 0 Å². The summed E-state index contributed by atoms with van der Waals surface area (Å²) in [7, 11) is 0. The zero-order valence-corrected chi connectivity index (χ0v) is 12.7. The van der Waals surface area contributed by atoms with Gasteiger partial charge in [-0.3, -0.25) is 4.98 Å². The maximum absolute atomic E-state index is 14.2. The molecule has 1 aromatic heterocycles. The van der Waals surface area contributed by atoms with Crippen molar-refractivity contribution in [1.82, 2.24) is 4.98 Å². The summed E-state index contributed by atoms with van der Waals surface area (Å²) in [6.45, 7) is 1.75. The molecule has 0 bridgehead atoms. The first-order valence-electron chi connectivity index (χ1n) is 7.65. The van der Waals surface area contributed by atoms with Gasteiger partial charge in [0.05, 0.1) is 11.9 Å². The smallest absolute Gasteiger partial charge is 0.252 e. The average molecular weight is 312 g/mol. The highest BCUT2D eigenvalue weighted by Crippen LogP contribution is 2.26. The summed E-state index contributed by atoms with van der Waals surface area (Å²) in [5.74, 6) is -1.11. The number of fused-ring (bicyclic) bond motifs is 3. The van der Waals surface area contributed by atoms with E-state index in [4.69, 9.17) is 0 Å². The molecule has 0 N–H and O–H groups in total. The number of hydrogen-bond acceptors (Lipinski definition) is 3. The second-order valence-corrected chi connectivity index (χ2v) is 5.96. The molecule has 0 atom stereocenters. The van der Waals surface area contributed by atoms with E-state index in [-0.39, 0.29) is 11.4 Å². The van der Waals surface area contributed by atoms with E-state index in [1.54, 1.807) is 13.0 Å². The van der Waals surface area contributed by atoms with Crippen molar-refractivity contribution in [2.45, 2.75) is 32.6 Å². The van der Waals surface area contributed by atoms with Crippen molar-refractivity contribution in [2.75, 3.05) is 4.90 Å². The molecule has 2 aromatic rings. The maximum Gasteiger partial charge on any atom is 0.512 e. The molecule has 1 aromatic carbocycles. The molecule has 0 radical (unpaired) electrons. The van der Waals surface area contributed by atoms with Gasteiger partial charge in [0.15, 0.2) is 11.5 Å². The van der Waals surface area contributed by atoms with Crippen molar-refractivity contribution in [1.29, 1.82) is 0 Å². The van der Waals surface area contributed by atoms with Crippen molar-refractivity contribution < 1.29 is 18.5 Å². The molecular formula is C17H15FN3O2+. The van der Waals surface area contributed by atoms with Gasteiger partial charge >= 0.3 is 11.9 Å². The number of carbonyl (C=O) groups is 2. The molecule has 6 heteroatoms. The lowest BCUT2D eigenvalue weighted by Gasteiger charge is -2.13. The van der Waals surface area contributed by atoms with E-state index in [0.717, 1.165) is 41.1 Å². The minimum Gasteiger partial charge on any atom is -0.252 e. The molecule has 1 aliphatic carbocycles. The van der Waals surface area contributed by atoms with Crippen LogP contribution in [0.5, 0.6) is 0 Å². The Bertz CT molecular complexity index is 863. The summed E-state index contributed by atoms with van der Waals surface area (Å²) in [5, 5.41) is 0. The van der Waals surface area contributed by atoms with Gasteiger partial charge < -0.3 is 0 Å². The first kappa shape index (κ1) is 14.0. The minimum atomic E-state index is -0.582. The number of imide groups is 1. The number of aromatic nitrogens is 2. The normalized spacial score (nSPS) is 16.5. The minimum absolute atomic E-state index is 0.0149. The molecule has 0 saturated heterocycles. The van der Waals surface area contributed by atoms with Crippen LogP contribution in [0.3, 0.4) is 0 Å². The fourth-order valence-electron chi connectivity index (χ4n) is 3.27. The second-order valence-electron chi connectivity index (χ2n) is 5.96. The fraction of sp³-hybridized carbons (Fsp3) is 0.294. The third-order valence-electron chi connectivity index (χ3n) is 4.41. The summed E-state index contributed by atoms with van der Waals surface area (Å²) in [5.41, 5.74) is 2.55. The highest BCUT2D eigenvalue weighted by atomic mass is 19.1. The van der Waals surface area contributed by atoms with Crippen molar-refractivity contribution in [3.8, 4) is 0 Å². The van der Waals surface area contributed by atoms with Crippen LogP contribution in [0.2, 0.25) is 0 Å². The van der Waals surface area contributed by atoms with E-state index in [9.17, 15) is 14.0 Å². The number of halogens is 1. The number of hydrogen-bond donors (Lipinski definition) is 0. The number of nitrogens with zero attached hydrogens (tertiary/aromatic N) is 3.